The Morgan fingerprint density at radius 1 is 1.14 bits per heavy atom. The van der Waals surface area contributed by atoms with Crippen LogP contribution in [0.15, 0.2) is 42.5 Å². The third kappa shape index (κ3) is 2.19. The molecule has 2 aromatic rings. The molecule has 0 spiro atoms. The predicted octanol–water partition coefficient (Wildman–Crippen LogP) is 3.37. The lowest BCUT2D eigenvalue weighted by molar-refractivity contribution is 0.0994. The van der Waals surface area contributed by atoms with Gasteiger partial charge < -0.3 is 9.47 Å². The minimum atomic E-state index is 0.245. The van der Waals surface area contributed by atoms with Crippen LogP contribution in [-0.4, -0.2) is 19.0 Å². The molecule has 3 nitrogen and oxygen atoms in total. The zero-order chi connectivity index (χ0) is 14.2. The number of hydrogen-bond acceptors (Lipinski definition) is 3. The first-order chi connectivity index (χ1) is 10.3. The molecule has 2 aromatic carbocycles. The molecule has 21 heavy (non-hydrogen) atoms. The van der Waals surface area contributed by atoms with Gasteiger partial charge >= 0.3 is 0 Å². The van der Waals surface area contributed by atoms with Gasteiger partial charge in [0.25, 0.3) is 0 Å². The summed E-state index contributed by atoms with van der Waals surface area (Å²) in [7, 11) is 0. The van der Waals surface area contributed by atoms with Crippen LogP contribution in [0.2, 0.25) is 0 Å². The van der Waals surface area contributed by atoms with Gasteiger partial charge in [-0.3, -0.25) is 4.79 Å². The molecule has 0 N–H and O–H groups in total. The van der Waals surface area contributed by atoms with Crippen molar-refractivity contribution in [3.63, 3.8) is 0 Å². The van der Waals surface area contributed by atoms with E-state index in [0.29, 0.717) is 19.6 Å². The molecule has 1 unspecified atom stereocenters. The van der Waals surface area contributed by atoms with Crippen LogP contribution in [-0.2, 0) is 6.42 Å². The molecular formula is C18H16O3. The van der Waals surface area contributed by atoms with Crippen molar-refractivity contribution >= 4 is 5.78 Å². The van der Waals surface area contributed by atoms with Gasteiger partial charge in [-0.15, -0.1) is 0 Å². The molecule has 1 aliphatic carbocycles. The number of aryl methyl sites for hydroxylation is 1. The number of rotatable bonds is 3. The highest BCUT2D eigenvalue weighted by Crippen LogP contribution is 2.34. The molecule has 0 saturated heterocycles. The average Bonchev–Trinajstić information content (AvgIpc) is 3.09. The van der Waals surface area contributed by atoms with Crippen molar-refractivity contribution in [1.82, 2.24) is 0 Å². The van der Waals surface area contributed by atoms with Gasteiger partial charge in [0.1, 0.15) is 11.5 Å². The first-order valence-electron chi connectivity index (χ1n) is 7.32. The molecule has 0 fully saturated rings. The molecule has 0 radical (unpaired) electrons. The summed E-state index contributed by atoms with van der Waals surface area (Å²) < 4.78 is 11.6. The monoisotopic (exact) mass is 280 g/mol. The van der Waals surface area contributed by atoms with Crippen molar-refractivity contribution in [2.75, 3.05) is 13.2 Å². The molecule has 0 bridgehead atoms. The zero-order valence-corrected chi connectivity index (χ0v) is 11.7. The van der Waals surface area contributed by atoms with Crippen LogP contribution < -0.4 is 9.47 Å². The summed E-state index contributed by atoms with van der Waals surface area (Å²) in [5.41, 5.74) is 3.19. The maximum Gasteiger partial charge on any atom is 0.163 e. The quantitative estimate of drug-likeness (QED) is 0.864. The van der Waals surface area contributed by atoms with Gasteiger partial charge in [-0.2, -0.15) is 0 Å². The van der Waals surface area contributed by atoms with Gasteiger partial charge in [-0.05, 0) is 36.2 Å². The lowest BCUT2D eigenvalue weighted by atomic mass is 10.0. The number of carbonyl (C=O) groups is 1. The average molecular weight is 280 g/mol. The summed E-state index contributed by atoms with van der Waals surface area (Å²) in [5, 5.41) is 0. The third-order valence-corrected chi connectivity index (χ3v) is 4.25. The van der Waals surface area contributed by atoms with E-state index < -0.39 is 0 Å². The van der Waals surface area contributed by atoms with Gasteiger partial charge in [0, 0.05) is 17.5 Å². The molecule has 3 heteroatoms. The minimum absolute atomic E-state index is 0.245. The number of hydrogen-bond donors (Lipinski definition) is 0. The lowest BCUT2D eigenvalue weighted by Gasteiger charge is -2.12. The Morgan fingerprint density at radius 2 is 2.05 bits per heavy atom. The third-order valence-electron chi connectivity index (χ3n) is 4.25. The Labute approximate surface area is 123 Å². The van der Waals surface area contributed by atoms with Crippen molar-refractivity contribution < 1.29 is 14.3 Å². The highest BCUT2D eigenvalue weighted by atomic mass is 16.5. The molecule has 0 aromatic heterocycles. The summed E-state index contributed by atoms with van der Waals surface area (Å²) in [6, 6.07) is 13.9. The van der Waals surface area contributed by atoms with Gasteiger partial charge in [-0.25, -0.2) is 0 Å². The van der Waals surface area contributed by atoms with E-state index >= 15 is 0 Å². The molecule has 4 rings (SSSR count). The second kappa shape index (κ2) is 4.92. The fraction of sp³-hybridized carbons (Fsp3) is 0.278. The fourth-order valence-corrected chi connectivity index (χ4v) is 3.09. The molecule has 106 valence electrons. The van der Waals surface area contributed by atoms with E-state index in [-0.39, 0.29) is 11.7 Å². The van der Waals surface area contributed by atoms with E-state index in [2.05, 4.69) is 6.07 Å². The zero-order valence-electron chi connectivity index (χ0n) is 11.7. The predicted molar refractivity (Wildman–Crippen MR) is 79.3 cm³/mol. The van der Waals surface area contributed by atoms with Gasteiger partial charge in [0.05, 0.1) is 19.1 Å². The Morgan fingerprint density at radius 3 is 3.00 bits per heavy atom. The van der Waals surface area contributed by atoms with E-state index in [1.807, 2.05) is 36.4 Å². The maximum atomic E-state index is 11.6. The molecule has 1 atom stereocenters. The number of para-hydroxylation sites is 1. The summed E-state index contributed by atoms with van der Waals surface area (Å²) in [5.74, 6) is 2.32. The second-order valence-electron chi connectivity index (χ2n) is 5.60. The van der Waals surface area contributed by atoms with Gasteiger partial charge in [0.2, 0.25) is 0 Å². The molecule has 0 amide bonds. The smallest absolute Gasteiger partial charge is 0.163 e. The van der Waals surface area contributed by atoms with Crippen molar-refractivity contribution in [3.8, 4) is 11.5 Å². The molecule has 2 aliphatic rings. The summed E-state index contributed by atoms with van der Waals surface area (Å²) in [4.78, 5) is 11.6. The van der Waals surface area contributed by atoms with Crippen LogP contribution in [0, 0.1) is 0 Å². The minimum Gasteiger partial charge on any atom is -0.493 e. The highest BCUT2D eigenvalue weighted by Gasteiger charge is 2.24. The Hall–Kier alpha value is -2.29. The van der Waals surface area contributed by atoms with Gasteiger partial charge in [0.15, 0.2) is 5.78 Å². The normalized spacial score (nSPS) is 19.0. The summed E-state index contributed by atoms with van der Waals surface area (Å²) >= 11 is 0. The number of carbonyl (C=O) groups excluding carboxylic acids is 1. The highest BCUT2D eigenvalue weighted by molar-refractivity contribution is 6.00. The standard InChI is InChI=1S/C18H16O3/c19-17-8-5-12-9-14(6-7-15(12)17)20-10-13-11-21-18-4-2-1-3-16(13)18/h1-4,6-7,9,13H,5,8,10-11H2. The Bertz CT molecular complexity index is 705. The van der Waals surface area contributed by atoms with E-state index in [1.165, 1.54) is 5.56 Å². The van der Waals surface area contributed by atoms with Crippen LogP contribution in [0.5, 0.6) is 11.5 Å². The molecule has 1 heterocycles. The van der Waals surface area contributed by atoms with Crippen molar-refractivity contribution in [2.45, 2.75) is 18.8 Å². The lowest BCUT2D eigenvalue weighted by Crippen LogP contribution is -2.11. The SMILES string of the molecule is O=C1CCc2cc(OCC3COc4ccccc43)ccc21. The van der Waals surface area contributed by atoms with Gasteiger partial charge in [-0.1, -0.05) is 18.2 Å². The number of ether oxygens (including phenoxy) is 2. The van der Waals surface area contributed by atoms with Crippen molar-refractivity contribution in [2.24, 2.45) is 0 Å². The number of fused-ring (bicyclic) bond motifs is 2. The Balaban J connectivity index is 1.48. The summed E-state index contributed by atoms with van der Waals surface area (Å²) in [6.45, 7) is 1.27. The van der Waals surface area contributed by atoms with Crippen LogP contribution in [0.1, 0.15) is 33.8 Å². The maximum absolute atomic E-state index is 11.6. The number of Topliss-reactive ketones (excluding diaryl/α,β-unsaturated/α-hetero) is 1. The molecule has 1 aliphatic heterocycles. The Kier molecular flexibility index (Phi) is 2.92. The van der Waals surface area contributed by atoms with E-state index in [1.54, 1.807) is 0 Å². The van der Waals surface area contributed by atoms with Crippen molar-refractivity contribution in [1.29, 1.82) is 0 Å². The summed E-state index contributed by atoms with van der Waals surface area (Å²) in [6.07, 6.45) is 1.46. The first kappa shape index (κ1) is 12.5. The number of benzene rings is 2. The second-order valence-corrected chi connectivity index (χ2v) is 5.60. The van der Waals surface area contributed by atoms with Crippen LogP contribution >= 0.6 is 0 Å². The van der Waals surface area contributed by atoms with E-state index in [4.69, 9.17) is 9.47 Å². The number of ketones is 1. The van der Waals surface area contributed by atoms with Crippen LogP contribution in [0.3, 0.4) is 0 Å². The van der Waals surface area contributed by atoms with Crippen LogP contribution in [0.4, 0.5) is 0 Å². The van der Waals surface area contributed by atoms with E-state index in [0.717, 1.165) is 29.0 Å². The first-order valence-corrected chi connectivity index (χ1v) is 7.32. The van der Waals surface area contributed by atoms with E-state index in [9.17, 15) is 4.79 Å². The largest absolute Gasteiger partial charge is 0.493 e. The fourth-order valence-electron chi connectivity index (χ4n) is 3.09. The topological polar surface area (TPSA) is 35.5 Å². The molecule has 0 saturated carbocycles. The van der Waals surface area contributed by atoms with Crippen LogP contribution in [0.25, 0.3) is 0 Å². The molecular weight excluding hydrogens is 264 g/mol. The van der Waals surface area contributed by atoms with Crippen molar-refractivity contribution in [3.05, 3.63) is 59.2 Å².